The third kappa shape index (κ3) is 3.42. The van der Waals surface area contributed by atoms with E-state index in [0.717, 1.165) is 18.5 Å². The number of rotatable bonds is 5. The number of benzene rings is 1. The highest BCUT2D eigenvalue weighted by molar-refractivity contribution is 5.40. The molecule has 1 rings (SSSR count). The van der Waals surface area contributed by atoms with E-state index < -0.39 is 0 Å². The maximum absolute atomic E-state index is 9.76. The third-order valence-corrected chi connectivity index (χ3v) is 2.57. The summed E-state index contributed by atoms with van der Waals surface area (Å²) < 4.78 is 0. The van der Waals surface area contributed by atoms with Gasteiger partial charge in [-0.3, -0.25) is 0 Å². The fourth-order valence-electron chi connectivity index (χ4n) is 1.68. The van der Waals surface area contributed by atoms with Crippen molar-refractivity contribution in [1.29, 1.82) is 0 Å². The molecule has 0 heterocycles. The molecule has 3 N–H and O–H groups in total. The zero-order valence-corrected chi connectivity index (χ0v) is 10.2. The van der Waals surface area contributed by atoms with Crippen LogP contribution in [0.1, 0.15) is 38.8 Å². The summed E-state index contributed by atoms with van der Waals surface area (Å²) in [5.74, 6) is 0.830. The van der Waals surface area contributed by atoms with Gasteiger partial charge >= 0.3 is 0 Å². The highest BCUT2D eigenvalue weighted by atomic mass is 16.3. The Morgan fingerprint density at radius 2 is 1.94 bits per heavy atom. The van der Waals surface area contributed by atoms with Gasteiger partial charge in [0, 0.05) is 17.7 Å². The second-order valence-electron chi connectivity index (χ2n) is 4.51. The minimum Gasteiger partial charge on any atom is -0.508 e. The van der Waals surface area contributed by atoms with Crippen molar-refractivity contribution in [1.82, 2.24) is 5.32 Å². The number of nitrogens with one attached hydrogen (secondary N) is 1. The number of aromatic hydroxyl groups is 2. The number of phenolic OH excluding ortho intramolecular Hbond substituents is 2. The summed E-state index contributed by atoms with van der Waals surface area (Å²) in [4.78, 5) is 0. The van der Waals surface area contributed by atoms with Gasteiger partial charge in [0.25, 0.3) is 0 Å². The highest BCUT2D eigenvalue weighted by Crippen LogP contribution is 2.29. The monoisotopic (exact) mass is 223 g/mol. The van der Waals surface area contributed by atoms with E-state index in [9.17, 15) is 10.2 Å². The molecule has 0 fully saturated rings. The molecular weight excluding hydrogens is 202 g/mol. The molecule has 0 radical (unpaired) electrons. The van der Waals surface area contributed by atoms with E-state index in [-0.39, 0.29) is 17.5 Å². The third-order valence-electron chi connectivity index (χ3n) is 2.57. The summed E-state index contributed by atoms with van der Waals surface area (Å²) in [6, 6.07) is 4.90. The van der Waals surface area contributed by atoms with Gasteiger partial charge < -0.3 is 15.5 Å². The molecule has 3 heteroatoms. The molecule has 3 nitrogen and oxygen atoms in total. The molecule has 0 saturated heterocycles. The van der Waals surface area contributed by atoms with Crippen LogP contribution >= 0.6 is 0 Å². The van der Waals surface area contributed by atoms with Gasteiger partial charge in [0.15, 0.2) is 0 Å². The summed E-state index contributed by atoms with van der Waals surface area (Å²) in [6.07, 6.45) is 0.908. The first-order valence-corrected chi connectivity index (χ1v) is 5.79. The Labute approximate surface area is 97.1 Å². The van der Waals surface area contributed by atoms with Gasteiger partial charge in [-0.1, -0.05) is 26.8 Å². The van der Waals surface area contributed by atoms with Crippen molar-refractivity contribution in [3.63, 3.8) is 0 Å². The molecule has 0 aliphatic carbocycles. The molecule has 0 aliphatic rings. The van der Waals surface area contributed by atoms with E-state index in [4.69, 9.17) is 0 Å². The molecule has 1 atom stereocenters. The van der Waals surface area contributed by atoms with Gasteiger partial charge in [-0.25, -0.2) is 0 Å². The fourth-order valence-corrected chi connectivity index (χ4v) is 1.68. The van der Waals surface area contributed by atoms with Gasteiger partial charge in [-0.2, -0.15) is 0 Å². The minimum atomic E-state index is 0.0972. The van der Waals surface area contributed by atoms with Crippen LogP contribution in [0, 0.1) is 5.92 Å². The summed E-state index contributed by atoms with van der Waals surface area (Å²) in [6.45, 7) is 7.29. The SMILES string of the molecule is CCC(NCC(C)C)c1ccc(O)cc1O. The lowest BCUT2D eigenvalue weighted by Gasteiger charge is -2.20. The second kappa shape index (κ2) is 5.75. The molecular formula is C13H21NO2. The fraction of sp³-hybridized carbons (Fsp3) is 0.538. The number of hydrogen-bond donors (Lipinski definition) is 3. The summed E-state index contributed by atoms with van der Waals surface area (Å²) in [5.41, 5.74) is 0.848. The van der Waals surface area contributed by atoms with E-state index in [0.29, 0.717) is 5.92 Å². The Hall–Kier alpha value is -1.22. The predicted octanol–water partition coefficient (Wildman–Crippen LogP) is 2.79. The lowest BCUT2D eigenvalue weighted by atomic mass is 10.0. The van der Waals surface area contributed by atoms with Crippen molar-refractivity contribution >= 4 is 0 Å². The van der Waals surface area contributed by atoms with Crippen LogP contribution in [0.5, 0.6) is 11.5 Å². The first kappa shape index (κ1) is 12.8. The van der Waals surface area contributed by atoms with Crippen molar-refractivity contribution in [2.45, 2.75) is 33.2 Å². The summed E-state index contributed by atoms with van der Waals surface area (Å²) in [7, 11) is 0. The van der Waals surface area contributed by atoms with E-state index in [1.807, 2.05) is 0 Å². The van der Waals surface area contributed by atoms with E-state index in [2.05, 4.69) is 26.1 Å². The maximum Gasteiger partial charge on any atom is 0.124 e. The Kier molecular flexibility index (Phi) is 4.62. The molecule has 0 spiro atoms. The van der Waals surface area contributed by atoms with Crippen LogP contribution < -0.4 is 5.32 Å². The standard InChI is InChI=1S/C13H21NO2/c1-4-12(14-8-9(2)3)11-6-5-10(15)7-13(11)16/h5-7,9,12,14-16H,4,8H2,1-3H3. The van der Waals surface area contributed by atoms with Gasteiger partial charge in [0.2, 0.25) is 0 Å². The van der Waals surface area contributed by atoms with Crippen LogP contribution in [0.4, 0.5) is 0 Å². The van der Waals surface area contributed by atoms with Crippen molar-refractivity contribution in [3.8, 4) is 11.5 Å². The van der Waals surface area contributed by atoms with Gasteiger partial charge in [0.05, 0.1) is 0 Å². The quantitative estimate of drug-likeness (QED) is 0.719. The molecule has 1 aromatic rings. The molecule has 90 valence electrons. The molecule has 16 heavy (non-hydrogen) atoms. The summed E-state index contributed by atoms with van der Waals surface area (Å²) >= 11 is 0. The zero-order valence-electron chi connectivity index (χ0n) is 10.2. The van der Waals surface area contributed by atoms with Crippen LogP contribution in [-0.4, -0.2) is 16.8 Å². The molecule has 1 aromatic carbocycles. The predicted molar refractivity (Wildman–Crippen MR) is 65.6 cm³/mol. The van der Waals surface area contributed by atoms with E-state index >= 15 is 0 Å². The van der Waals surface area contributed by atoms with E-state index in [1.165, 1.54) is 6.07 Å². The molecule has 0 saturated carbocycles. The Morgan fingerprint density at radius 3 is 2.44 bits per heavy atom. The Bertz CT molecular complexity index is 337. The average molecular weight is 223 g/mol. The molecule has 1 unspecified atom stereocenters. The first-order valence-electron chi connectivity index (χ1n) is 5.79. The van der Waals surface area contributed by atoms with Crippen molar-refractivity contribution in [2.24, 2.45) is 5.92 Å². The maximum atomic E-state index is 9.76. The first-order chi connectivity index (χ1) is 7.54. The Balaban J connectivity index is 2.78. The van der Waals surface area contributed by atoms with Crippen molar-refractivity contribution in [2.75, 3.05) is 6.54 Å². The second-order valence-corrected chi connectivity index (χ2v) is 4.51. The minimum absolute atomic E-state index is 0.0972. The average Bonchev–Trinajstić information content (AvgIpc) is 2.21. The molecule has 0 aromatic heterocycles. The zero-order chi connectivity index (χ0) is 12.1. The van der Waals surface area contributed by atoms with Crippen LogP contribution in [0.3, 0.4) is 0 Å². The van der Waals surface area contributed by atoms with Crippen molar-refractivity contribution in [3.05, 3.63) is 23.8 Å². The van der Waals surface area contributed by atoms with Gasteiger partial charge in [-0.05, 0) is 24.9 Å². The topological polar surface area (TPSA) is 52.5 Å². The van der Waals surface area contributed by atoms with Crippen LogP contribution in [0.15, 0.2) is 18.2 Å². The summed E-state index contributed by atoms with van der Waals surface area (Å²) in [5, 5.41) is 22.4. The smallest absolute Gasteiger partial charge is 0.124 e. The van der Waals surface area contributed by atoms with E-state index in [1.54, 1.807) is 12.1 Å². The largest absolute Gasteiger partial charge is 0.508 e. The van der Waals surface area contributed by atoms with Gasteiger partial charge in [-0.15, -0.1) is 0 Å². The number of hydrogen-bond acceptors (Lipinski definition) is 3. The van der Waals surface area contributed by atoms with Crippen LogP contribution in [0.25, 0.3) is 0 Å². The van der Waals surface area contributed by atoms with Crippen LogP contribution in [0.2, 0.25) is 0 Å². The lowest BCUT2D eigenvalue weighted by Crippen LogP contribution is -2.24. The molecule has 0 aliphatic heterocycles. The normalized spacial score (nSPS) is 13.0. The van der Waals surface area contributed by atoms with Gasteiger partial charge in [0.1, 0.15) is 11.5 Å². The van der Waals surface area contributed by atoms with Crippen LogP contribution in [-0.2, 0) is 0 Å². The molecule has 0 amide bonds. The molecule has 0 bridgehead atoms. The Morgan fingerprint density at radius 1 is 1.25 bits per heavy atom. The number of phenols is 2. The lowest BCUT2D eigenvalue weighted by molar-refractivity contribution is 0.418. The van der Waals surface area contributed by atoms with Crippen molar-refractivity contribution < 1.29 is 10.2 Å². The highest BCUT2D eigenvalue weighted by Gasteiger charge is 2.13.